The fourth-order valence-electron chi connectivity index (χ4n) is 0.936. The first-order valence-electron chi connectivity index (χ1n) is 4.26. The fraction of sp³-hybridized carbons (Fsp3) is 0.300. The molecule has 0 amide bonds. The molecule has 0 atom stereocenters. The Bertz CT molecular complexity index is 326. The predicted octanol–water partition coefficient (Wildman–Crippen LogP) is 1.95. The van der Waals surface area contributed by atoms with Crippen molar-refractivity contribution in [2.24, 2.45) is 0 Å². The van der Waals surface area contributed by atoms with Crippen LogP contribution in [-0.2, 0) is 0 Å². The highest BCUT2D eigenvalue weighted by Gasteiger charge is 1.99. The summed E-state index contributed by atoms with van der Waals surface area (Å²) in [7, 11) is 5.44. The lowest BCUT2D eigenvalue weighted by Gasteiger charge is -2.15. The average Bonchev–Trinajstić information content (AvgIpc) is 2.18. The van der Waals surface area contributed by atoms with Gasteiger partial charge in [0.2, 0.25) is 0 Å². The number of methoxy groups -OCH3 is 1. The van der Waals surface area contributed by atoms with Crippen molar-refractivity contribution in [3.05, 3.63) is 24.3 Å². The van der Waals surface area contributed by atoms with E-state index in [1.165, 1.54) is 0 Å². The van der Waals surface area contributed by atoms with Crippen molar-refractivity contribution in [1.82, 2.24) is 4.90 Å². The quantitative estimate of drug-likeness (QED) is 0.754. The lowest BCUT2D eigenvalue weighted by molar-refractivity contribution is 0.415. The maximum absolute atomic E-state index is 5.11. The molecule has 0 unspecified atom stereocenters. The third kappa shape index (κ3) is 2.88. The first-order valence-corrected chi connectivity index (χ1v) is 4.66. The van der Waals surface area contributed by atoms with E-state index in [4.69, 9.17) is 17.0 Å². The molecule has 1 N–H and O–H groups in total. The van der Waals surface area contributed by atoms with Crippen LogP contribution in [0.2, 0.25) is 0 Å². The Hall–Kier alpha value is -1.29. The van der Waals surface area contributed by atoms with Crippen LogP contribution in [0.5, 0.6) is 5.75 Å². The molecule has 0 fully saturated rings. The lowest BCUT2D eigenvalue weighted by Crippen LogP contribution is -2.26. The Morgan fingerprint density at radius 1 is 1.43 bits per heavy atom. The summed E-state index contributed by atoms with van der Waals surface area (Å²) in [6, 6.07) is 7.65. The maximum atomic E-state index is 5.11. The molecule has 3 nitrogen and oxygen atoms in total. The molecule has 0 heterocycles. The van der Waals surface area contributed by atoms with Crippen LogP contribution in [0.25, 0.3) is 0 Å². The van der Waals surface area contributed by atoms with Crippen LogP contribution in [-0.4, -0.2) is 31.2 Å². The van der Waals surface area contributed by atoms with E-state index in [2.05, 4.69) is 5.32 Å². The number of hydrogen-bond acceptors (Lipinski definition) is 2. The maximum Gasteiger partial charge on any atom is 0.172 e. The van der Waals surface area contributed by atoms with E-state index in [0.717, 1.165) is 11.4 Å². The van der Waals surface area contributed by atoms with Crippen LogP contribution in [0, 0.1) is 0 Å². The second kappa shape index (κ2) is 4.81. The molecule has 4 heteroatoms. The average molecular weight is 210 g/mol. The van der Waals surface area contributed by atoms with Gasteiger partial charge in [-0.05, 0) is 24.4 Å². The van der Waals surface area contributed by atoms with Crippen LogP contribution in [0.1, 0.15) is 0 Å². The largest absolute Gasteiger partial charge is 0.497 e. The van der Waals surface area contributed by atoms with Crippen LogP contribution in [0.4, 0.5) is 5.69 Å². The molecule has 0 aromatic heterocycles. The summed E-state index contributed by atoms with van der Waals surface area (Å²) in [4.78, 5) is 1.84. The summed E-state index contributed by atoms with van der Waals surface area (Å²) in [6.07, 6.45) is 0. The van der Waals surface area contributed by atoms with E-state index in [1.807, 2.05) is 43.3 Å². The zero-order valence-electron chi connectivity index (χ0n) is 8.57. The van der Waals surface area contributed by atoms with Crippen LogP contribution in [0.15, 0.2) is 24.3 Å². The minimum absolute atomic E-state index is 0.679. The molecular formula is C10H14N2OS. The van der Waals surface area contributed by atoms with Gasteiger partial charge in [0.05, 0.1) is 7.11 Å². The minimum atomic E-state index is 0.679. The van der Waals surface area contributed by atoms with E-state index >= 15 is 0 Å². The van der Waals surface area contributed by atoms with E-state index in [-0.39, 0.29) is 0 Å². The number of ether oxygens (including phenoxy) is 1. The molecule has 14 heavy (non-hydrogen) atoms. The first-order chi connectivity index (χ1) is 6.63. The highest BCUT2D eigenvalue weighted by Crippen LogP contribution is 2.16. The number of nitrogens with zero attached hydrogens (tertiary/aromatic N) is 1. The molecule has 1 rings (SSSR count). The molecule has 0 radical (unpaired) electrons. The van der Waals surface area contributed by atoms with Crippen molar-refractivity contribution in [3.8, 4) is 5.75 Å². The first kappa shape index (κ1) is 10.8. The fourth-order valence-corrected chi connectivity index (χ4v) is 1.05. The van der Waals surface area contributed by atoms with E-state index < -0.39 is 0 Å². The van der Waals surface area contributed by atoms with E-state index in [0.29, 0.717) is 5.11 Å². The van der Waals surface area contributed by atoms with Gasteiger partial charge >= 0.3 is 0 Å². The predicted molar refractivity (Wildman–Crippen MR) is 62.9 cm³/mol. The monoisotopic (exact) mass is 210 g/mol. The zero-order chi connectivity index (χ0) is 10.6. The summed E-state index contributed by atoms with van der Waals surface area (Å²) >= 11 is 5.11. The van der Waals surface area contributed by atoms with Gasteiger partial charge in [0.15, 0.2) is 5.11 Å². The molecule has 76 valence electrons. The lowest BCUT2D eigenvalue weighted by atomic mass is 10.3. The number of rotatable bonds is 2. The molecule has 0 aliphatic rings. The van der Waals surface area contributed by atoms with E-state index in [1.54, 1.807) is 7.11 Å². The molecule has 0 saturated heterocycles. The Labute approximate surface area is 89.7 Å². The van der Waals surface area contributed by atoms with Gasteiger partial charge in [-0.1, -0.05) is 6.07 Å². The summed E-state index contributed by atoms with van der Waals surface area (Å²) in [5, 5.41) is 3.77. The molecule has 1 aromatic carbocycles. The third-order valence-corrected chi connectivity index (χ3v) is 2.19. The van der Waals surface area contributed by atoms with Gasteiger partial charge in [0.25, 0.3) is 0 Å². The Balaban J connectivity index is 2.72. The van der Waals surface area contributed by atoms with Crippen molar-refractivity contribution in [1.29, 1.82) is 0 Å². The van der Waals surface area contributed by atoms with Crippen molar-refractivity contribution in [3.63, 3.8) is 0 Å². The van der Waals surface area contributed by atoms with Gasteiger partial charge in [-0.15, -0.1) is 0 Å². The molecule has 0 spiro atoms. The van der Waals surface area contributed by atoms with Gasteiger partial charge in [-0.2, -0.15) is 0 Å². The smallest absolute Gasteiger partial charge is 0.172 e. The molecule has 0 aliphatic heterocycles. The van der Waals surface area contributed by atoms with Gasteiger partial charge in [0, 0.05) is 25.8 Å². The van der Waals surface area contributed by atoms with Crippen LogP contribution in [0.3, 0.4) is 0 Å². The minimum Gasteiger partial charge on any atom is -0.497 e. The number of anilines is 1. The van der Waals surface area contributed by atoms with Crippen molar-refractivity contribution in [2.45, 2.75) is 0 Å². The van der Waals surface area contributed by atoms with Crippen molar-refractivity contribution >= 4 is 23.0 Å². The van der Waals surface area contributed by atoms with Gasteiger partial charge in [-0.25, -0.2) is 0 Å². The molecule has 0 saturated carbocycles. The van der Waals surface area contributed by atoms with E-state index in [9.17, 15) is 0 Å². The summed E-state index contributed by atoms with van der Waals surface area (Å²) in [6.45, 7) is 0. The summed E-state index contributed by atoms with van der Waals surface area (Å²) in [5.74, 6) is 0.816. The Morgan fingerprint density at radius 3 is 2.71 bits per heavy atom. The second-order valence-corrected chi connectivity index (χ2v) is 3.44. The molecule has 1 aromatic rings. The Kier molecular flexibility index (Phi) is 3.71. The number of thiocarbonyl (C=S) groups is 1. The number of hydrogen-bond donors (Lipinski definition) is 1. The topological polar surface area (TPSA) is 24.5 Å². The SMILES string of the molecule is COc1cccc(NC(=S)N(C)C)c1. The van der Waals surface area contributed by atoms with Crippen molar-refractivity contribution in [2.75, 3.05) is 26.5 Å². The van der Waals surface area contributed by atoms with Gasteiger partial charge in [-0.3, -0.25) is 0 Å². The number of benzene rings is 1. The molecule has 0 bridgehead atoms. The summed E-state index contributed by atoms with van der Waals surface area (Å²) < 4.78 is 5.10. The zero-order valence-corrected chi connectivity index (χ0v) is 9.39. The highest BCUT2D eigenvalue weighted by molar-refractivity contribution is 7.80. The van der Waals surface area contributed by atoms with Crippen LogP contribution >= 0.6 is 12.2 Å². The standard InChI is InChI=1S/C10H14N2OS/c1-12(2)10(14)11-8-5-4-6-9(7-8)13-3/h4-7H,1-3H3,(H,11,14). The van der Waals surface area contributed by atoms with Gasteiger partial charge < -0.3 is 15.0 Å². The molecular weight excluding hydrogens is 196 g/mol. The second-order valence-electron chi connectivity index (χ2n) is 3.06. The summed E-state index contributed by atoms with van der Waals surface area (Å²) in [5.41, 5.74) is 0.933. The van der Waals surface area contributed by atoms with Crippen molar-refractivity contribution < 1.29 is 4.74 Å². The highest BCUT2D eigenvalue weighted by atomic mass is 32.1. The van der Waals surface area contributed by atoms with Crippen LogP contribution < -0.4 is 10.1 Å². The number of nitrogens with one attached hydrogen (secondary N) is 1. The third-order valence-electron chi connectivity index (χ3n) is 1.73. The molecule has 0 aliphatic carbocycles. The van der Waals surface area contributed by atoms with Gasteiger partial charge in [0.1, 0.15) is 5.75 Å². The normalized spacial score (nSPS) is 9.36. The Morgan fingerprint density at radius 2 is 2.14 bits per heavy atom.